The van der Waals surface area contributed by atoms with Gasteiger partial charge < -0.3 is 14.9 Å². The maximum atomic E-state index is 11.5. The predicted octanol–water partition coefficient (Wildman–Crippen LogP) is 6.27. The van der Waals surface area contributed by atoms with Crippen molar-refractivity contribution < 1.29 is 14.9 Å². The molecule has 0 aromatic carbocycles. The summed E-state index contributed by atoms with van der Waals surface area (Å²) in [5.74, 6) is 3.69. The second-order valence-electron chi connectivity index (χ2n) is 13.2. The van der Waals surface area contributed by atoms with E-state index in [1.165, 1.54) is 49.7 Å². The van der Waals surface area contributed by atoms with Crippen molar-refractivity contribution >= 4 is 0 Å². The smallest absolute Gasteiger partial charge is 0.118 e. The Bertz CT molecular complexity index is 772. The summed E-state index contributed by atoms with van der Waals surface area (Å²) in [4.78, 5) is 0. The number of epoxide rings is 1. The highest BCUT2D eigenvalue weighted by atomic mass is 16.6. The van der Waals surface area contributed by atoms with Crippen LogP contribution in [0.5, 0.6) is 0 Å². The van der Waals surface area contributed by atoms with Gasteiger partial charge in [-0.1, -0.05) is 60.0 Å². The molecule has 10 atom stereocenters. The molecule has 1 spiro atoms. The first kappa shape index (κ1) is 23.4. The van der Waals surface area contributed by atoms with Gasteiger partial charge >= 0.3 is 0 Å². The summed E-state index contributed by atoms with van der Waals surface area (Å²) in [6, 6.07) is 0. The van der Waals surface area contributed by atoms with Gasteiger partial charge in [-0.15, -0.1) is 0 Å². The van der Waals surface area contributed by atoms with Crippen molar-refractivity contribution in [3.8, 4) is 0 Å². The van der Waals surface area contributed by atoms with E-state index in [2.05, 4.69) is 41.5 Å². The SMILES string of the molecule is CC[C@@H](CCC(C)[C@H]1CCC2C3=C(CC[C@@]21C)[C@@]1(C)CC[C@H](O)CC12O[C@H]2[C@H]3O)C(C)C. The Labute approximate surface area is 196 Å². The summed E-state index contributed by atoms with van der Waals surface area (Å²) in [5, 5.41) is 21.9. The summed E-state index contributed by atoms with van der Waals surface area (Å²) >= 11 is 0. The molecule has 4 aliphatic carbocycles. The van der Waals surface area contributed by atoms with Crippen LogP contribution in [0.1, 0.15) is 106 Å². The number of fused-ring (bicyclic) bond motifs is 3. The molecule has 3 heteroatoms. The molecule has 32 heavy (non-hydrogen) atoms. The monoisotopic (exact) mass is 444 g/mol. The van der Waals surface area contributed by atoms with Crippen molar-refractivity contribution in [1.29, 1.82) is 0 Å². The zero-order valence-corrected chi connectivity index (χ0v) is 21.5. The fraction of sp³-hybridized carbons (Fsp3) is 0.931. The number of rotatable bonds is 6. The average Bonchev–Trinajstić information content (AvgIpc) is 3.36. The van der Waals surface area contributed by atoms with Crippen LogP contribution < -0.4 is 0 Å². The number of hydrogen-bond acceptors (Lipinski definition) is 3. The Balaban J connectivity index is 1.39. The van der Waals surface area contributed by atoms with Crippen molar-refractivity contribution in [2.75, 3.05) is 0 Å². The molecule has 0 aromatic rings. The van der Waals surface area contributed by atoms with Gasteiger partial charge in [0.25, 0.3) is 0 Å². The van der Waals surface area contributed by atoms with Crippen molar-refractivity contribution in [2.24, 2.45) is 40.4 Å². The van der Waals surface area contributed by atoms with Crippen molar-refractivity contribution in [3.05, 3.63) is 11.1 Å². The second kappa shape index (κ2) is 7.82. The first-order valence-electron chi connectivity index (χ1n) is 13.9. The first-order valence-corrected chi connectivity index (χ1v) is 13.9. The van der Waals surface area contributed by atoms with E-state index >= 15 is 0 Å². The maximum Gasteiger partial charge on any atom is 0.118 e. The number of aliphatic hydroxyl groups excluding tert-OH is 2. The van der Waals surface area contributed by atoms with Crippen molar-refractivity contribution in [3.63, 3.8) is 0 Å². The maximum absolute atomic E-state index is 11.5. The Morgan fingerprint density at radius 1 is 1.03 bits per heavy atom. The predicted molar refractivity (Wildman–Crippen MR) is 129 cm³/mol. The summed E-state index contributed by atoms with van der Waals surface area (Å²) in [6.45, 7) is 14.6. The Morgan fingerprint density at radius 2 is 1.78 bits per heavy atom. The minimum absolute atomic E-state index is 0.0160. The van der Waals surface area contributed by atoms with Crippen LogP contribution in [0, 0.1) is 40.4 Å². The average molecular weight is 445 g/mol. The molecule has 1 saturated heterocycles. The van der Waals surface area contributed by atoms with Crippen LogP contribution in [0.3, 0.4) is 0 Å². The molecule has 182 valence electrons. The Morgan fingerprint density at radius 3 is 2.47 bits per heavy atom. The third-order valence-electron chi connectivity index (χ3n) is 11.7. The van der Waals surface area contributed by atoms with Crippen LogP contribution in [0.15, 0.2) is 11.1 Å². The second-order valence-corrected chi connectivity index (χ2v) is 13.2. The largest absolute Gasteiger partial charge is 0.393 e. The van der Waals surface area contributed by atoms with Gasteiger partial charge in [0.05, 0.1) is 6.10 Å². The van der Waals surface area contributed by atoms with Crippen LogP contribution in [-0.4, -0.2) is 34.1 Å². The third kappa shape index (κ3) is 3.09. The lowest BCUT2D eigenvalue weighted by Gasteiger charge is -2.54. The van der Waals surface area contributed by atoms with E-state index < -0.39 is 6.10 Å². The normalized spacial score (nSPS) is 49.2. The lowest BCUT2D eigenvalue weighted by atomic mass is 9.49. The fourth-order valence-electron chi connectivity index (χ4n) is 9.52. The van der Waals surface area contributed by atoms with Gasteiger partial charge in [-0.25, -0.2) is 0 Å². The van der Waals surface area contributed by atoms with Crippen LogP contribution >= 0.6 is 0 Å². The van der Waals surface area contributed by atoms with Crippen LogP contribution in [-0.2, 0) is 4.74 Å². The molecule has 2 saturated carbocycles. The fourth-order valence-corrected chi connectivity index (χ4v) is 9.52. The molecule has 0 amide bonds. The van der Waals surface area contributed by atoms with Gasteiger partial charge in [-0.05, 0) is 85.5 Å². The van der Waals surface area contributed by atoms with E-state index in [9.17, 15) is 10.2 Å². The van der Waals surface area contributed by atoms with Gasteiger partial charge in [0, 0.05) is 11.8 Å². The zero-order chi connectivity index (χ0) is 23.1. The van der Waals surface area contributed by atoms with E-state index in [1.807, 2.05) is 0 Å². The highest BCUT2D eigenvalue weighted by Gasteiger charge is 2.76. The lowest BCUT2D eigenvalue weighted by Crippen LogP contribution is -2.55. The van der Waals surface area contributed by atoms with Crippen LogP contribution in [0.4, 0.5) is 0 Å². The molecule has 5 rings (SSSR count). The molecule has 2 N–H and O–H groups in total. The number of ether oxygens (including phenoxy) is 1. The van der Waals surface area contributed by atoms with E-state index in [0.29, 0.717) is 17.8 Å². The lowest BCUT2D eigenvalue weighted by molar-refractivity contribution is -0.00168. The van der Waals surface area contributed by atoms with E-state index in [1.54, 1.807) is 0 Å². The molecular weight excluding hydrogens is 396 g/mol. The first-order chi connectivity index (χ1) is 15.1. The molecule has 3 nitrogen and oxygen atoms in total. The Kier molecular flexibility index (Phi) is 5.71. The van der Waals surface area contributed by atoms with Crippen molar-refractivity contribution in [1.82, 2.24) is 0 Å². The molecule has 1 heterocycles. The minimum atomic E-state index is -0.451. The zero-order valence-electron chi connectivity index (χ0n) is 21.5. The highest BCUT2D eigenvalue weighted by molar-refractivity contribution is 5.45. The van der Waals surface area contributed by atoms with Gasteiger partial charge in [0.1, 0.15) is 17.8 Å². The third-order valence-corrected chi connectivity index (χ3v) is 11.7. The molecule has 0 bridgehead atoms. The molecule has 0 radical (unpaired) electrons. The Hall–Kier alpha value is -0.380. The number of aliphatic hydroxyl groups is 2. The minimum Gasteiger partial charge on any atom is -0.393 e. The molecule has 1 aliphatic heterocycles. The van der Waals surface area contributed by atoms with E-state index in [0.717, 1.165) is 42.9 Å². The summed E-state index contributed by atoms with van der Waals surface area (Å²) < 4.78 is 6.35. The van der Waals surface area contributed by atoms with Crippen molar-refractivity contribution in [2.45, 2.75) is 130 Å². The molecule has 0 aromatic heterocycles. The molecule has 3 unspecified atom stereocenters. The summed E-state index contributed by atoms with van der Waals surface area (Å²) in [6.07, 6.45) is 10.7. The standard InChI is InChI=1S/C29H48O3/c1-7-19(17(2)3)9-8-18(4)21-10-11-22-24-23(13-14-27(21,22)5)28(6)15-12-20(30)16-29(28)26(32-29)25(24)31/h17-22,25-26,30-31H,7-16H2,1-6H3/t18?,19-,20-,21+,22?,25-,26-,27+,28+,29?/m0/s1. The van der Waals surface area contributed by atoms with Gasteiger partial charge in [-0.2, -0.15) is 0 Å². The van der Waals surface area contributed by atoms with E-state index in [4.69, 9.17) is 4.74 Å². The molecule has 3 fully saturated rings. The number of hydrogen-bond donors (Lipinski definition) is 2. The van der Waals surface area contributed by atoms with Gasteiger partial charge in [-0.3, -0.25) is 0 Å². The molecule has 5 aliphatic rings. The summed E-state index contributed by atoms with van der Waals surface area (Å²) in [5.41, 5.74) is 2.96. The van der Waals surface area contributed by atoms with Crippen LogP contribution in [0.2, 0.25) is 0 Å². The summed E-state index contributed by atoms with van der Waals surface area (Å²) in [7, 11) is 0. The topological polar surface area (TPSA) is 53.0 Å². The quantitative estimate of drug-likeness (QED) is 0.375. The molecular formula is C29H48O3. The highest BCUT2D eigenvalue weighted by Crippen LogP contribution is 2.72. The van der Waals surface area contributed by atoms with Gasteiger partial charge in [0.15, 0.2) is 0 Å². The van der Waals surface area contributed by atoms with Crippen LogP contribution in [0.25, 0.3) is 0 Å². The van der Waals surface area contributed by atoms with E-state index in [-0.39, 0.29) is 23.2 Å². The van der Waals surface area contributed by atoms with Gasteiger partial charge in [0.2, 0.25) is 0 Å².